The lowest BCUT2D eigenvalue weighted by molar-refractivity contribution is -0.137. The number of anilines is 1. The topological polar surface area (TPSA) is 58.6 Å². The van der Waals surface area contributed by atoms with Gasteiger partial charge in [0, 0.05) is 39.5 Å². The number of carboxylic acids is 1. The molecule has 0 radical (unpaired) electrons. The van der Waals surface area contributed by atoms with Gasteiger partial charge in [0.2, 0.25) is 0 Å². The van der Waals surface area contributed by atoms with Crippen molar-refractivity contribution in [3.8, 4) is 16.9 Å². The van der Waals surface area contributed by atoms with Crippen LogP contribution in [0.25, 0.3) is 11.1 Å². The van der Waals surface area contributed by atoms with E-state index < -0.39 is 5.97 Å². The molecule has 3 aromatic rings. The highest BCUT2D eigenvalue weighted by Gasteiger charge is 2.26. The number of aryl methyl sites for hydroxylation is 2. The molecule has 4 nitrogen and oxygen atoms in total. The molecule has 0 bridgehead atoms. The number of fused-ring (bicyclic) bond motifs is 1. The van der Waals surface area contributed by atoms with Crippen molar-refractivity contribution in [2.75, 3.05) is 11.9 Å². The van der Waals surface area contributed by atoms with E-state index >= 15 is 0 Å². The van der Waals surface area contributed by atoms with E-state index in [2.05, 4.69) is 50.4 Å². The molecule has 2 N–H and O–H groups in total. The second kappa shape index (κ2) is 7.91. The Morgan fingerprint density at radius 2 is 2.00 bits per heavy atom. The van der Waals surface area contributed by atoms with Crippen LogP contribution in [0.2, 0.25) is 0 Å². The molecule has 150 valence electrons. The number of benzene rings is 2. The van der Waals surface area contributed by atoms with E-state index in [1.807, 2.05) is 29.5 Å². The Morgan fingerprint density at radius 1 is 1.17 bits per heavy atom. The molecule has 0 aliphatic carbocycles. The number of hydrogen-bond acceptors (Lipinski definition) is 4. The minimum atomic E-state index is -0.792. The summed E-state index contributed by atoms with van der Waals surface area (Å²) in [7, 11) is 0. The predicted molar refractivity (Wildman–Crippen MR) is 118 cm³/mol. The third-order valence-corrected chi connectivity index (χ3v) is 6.54. The van der Waals surface area contributed by atoms with Crippen LogP contribution in [0.4, 0.5) is 5.69 Å². The third-order valence-electron chi connectivity index (χ3n) is 5.57. The maximum absolute atomic E-state index is 11.0. The summed E-state index contributed by atoms with van der Waals surface area (Å²) < 4.78 is 5.72. The van der Waals surface area contributed by atoms with E-state index in [0.717, 1.165) is 23.5 Å². The summed E-state index contributed by atoms with van der Waals surface area (Å²) in [4.78, 5) is 13.7. The quantitative estimate of drug-likeness (QED) is 0.534. The van der Waals surface area contributed by atoms with Gasteiger partial charge in [-0.3, -0.25) is 4.79 Å². The van der Waals surface area contributed by atoms with Gasteiger partial charge in [-0.15, -0.1) is 11.3 Å². The van der Waals surface area contributed by atoms with Crippen LogP contribution in [-0.4, -0.2) is 17.7 Å². The van der Waals surface area contributed by atoms with E-state index in [0.29, 0.717) is 6.61 Å². The average molecular weight is 408 g/mol. The van der Waals surface area contributed by atoms with Crippen molar-refractivity contribution >= 4 is 23.0 Å². The van der Waals surface area contributed by atoms with Gasteiger partial charge >= 0.3 is 5.97 Å². The smallest absolute Gasteiger partial charge is 0.304 e. The minimum Gasteiger partial charge on any atom is -0.493 e. The average Bonchev–Trinajstić information content (AvgIpc) is 3.22. The fourth-order valence-electron chi connectivity index (χ4n) is 4.03. The second-order valence-corrected chi connectivity index (χ2v) is 9.09. The largest absolute Gasteiger partial charge is 0.493 e. The number of hydrogen-bond donors (Lipinski definition) is 2. The van der Waals surface area contributed by atoms with Gasteiger partial charge in [0.05, 0.1) is 13.0 Å². The molecule has 2 heterocycles. The Bertz CT molecular complexity index is 1070. The van der Waals surface area contributed by atoms with Crippen LogP contribution in [0.3, 0.4) is 0 Å². The first-order valence-electron chi connectivity index (χ1n) is 9.80. The summed E-state index contributed by atoms with van der Waals surface area (Å²) in [6, 6.07) is 14.7. The van der Waals surface area contributed by atoms with E-state index in [1.165, 1.54) is 32.0 Å². The number of rotatable bonds is 6. The van der Waals surface area contributed by atoms with Crippen molar-refractivity contribution in [2.45, 2.75) is 39.7 Å². The number of carboxylic acid groups (broad SMARTS) is 1. The highest BCUT2D eigenvalue weighted by molar-refractivity contribution is 7.12. The fraction of sp³-hybridized carbons (Fsp3) is 0.292. The van der Waals surface area contributed by atoms with Crippen LogP contribution >= 0.6 is 11.3 Å². The van der Waals surface area contributed by atoms with Gasteiger partial charge in [-0.25, -0.2) is 0 Å². The second-order valence-electron chi connectivity index (χ2n) is 7.63. The first kappa shape index (κ1) is 19.5. The fourth-order valence-corrected chi connectivity index (χ4v) is 4.97. The zero-order valence-corrected chi connectivity index (χ0v) is 17.7. The Labute approximate surface area is 175 Å². The van der Waals surface area contributed by atoms with Gasteiger partial charge < -0.3 is 15.2 Å². The molecule has 1 aromatic heterocycles. The first-order valence-corrected chi connectivity index (χ1v) is 10.6. The Hall–Kier alpha value is -2.79. The lowest BCUT2D eigenvalue weighted by Crippen LogP contribution is -2.07. The number of ether oxygens (including phenoxy) is 1. The standard InChI is InChI=1S/C24H25NO3S/c1-14-9-22(16(3)29-14)20-6-4-5-17(15(20)2)12-25-19-7-8-21-18(10-24(26)27)13-28-23(21)11-19/h4-9,11,18,25H,10,12-13H2,1-3H3,(H,26,27). The van der Waals surface area contributed by atoms with Crippen molar-refractivity contribution in [1.29, 1.82) is 0 Å². The van der Waals surface area contributed by atoms with Crippen LogP contribution in [0.15, 0.2) is 42.5 Å². The van der Waals surface area contributed by atoms with E-state index in [9.17, 15) is 4.79 Å². The van der Waals surface area contributed by atoms with Crippen LogP contribution < -0.4 is 10.1 Å². The van der Waals surface area contributed by atoms with Crippen LogP contribution in [0, 0.1) is 20.8 Å². The Morgan fingerprint density at radius 3 is 2.72 bits per heavy atom. The maximum Gasteiger partial charge on any atom is 0.304 e. The molecular formula is C24H25NO3S. The van der Waals surface area contributed by atoms with E-state index in [4.69, 9.17) is 9.84 Å². The van der Waals surface area contributed by atoms with Crippen LogP contribution in [0.5, 0.6) is 5.75 Å². The van der Waals surface area contributed by atoms with Gasteiger partial charge in [-0.05, 0) is 55.2 Å². The van der Waals surface area contributed by atoms with E-state index in [1.54, 1.807) is 0 Å². The van der Waals surface area contributed by atoms with Crippen molar-refractivity contribution in [2.24, 2.45) is 0 Å². The zero-order valence-electron chi connectivity index (χ0n) is 16.9. The molecule has 1 aliphatic rings. The Kier molecular flexibility index (Phi) is 5.33. The van der Waals surface area contributed by atoms with Gasteiger partial charge in [0.25, 0.3) is 0 Å². The molecule has 0 saturated heterocycles. The summed E-state index contributed by atoms with van der Waals surface area (Å²) >= 11 is 1.84. The highest BCUT2D eigenvalue weighted by Crippen LogP contribution is 2.38. The monoisotopic (exact) mass is 407 g/mol. The van der Waals surface area contributed by atoms with Crippen LogP contribution in [-0.2, 0) is 11.3 Å². The van der Waals surface area contributed by atoms with Crippen molar-refractivity contribution < 1.29 is 14.6 Å². The molecule has 0 fully saturated rings. The summed E-state index contributed by atoms with van der Waals surface area (Å²) in [6.07, 6.45) is 0.104. The number of carbonyl (C=O) groups is 1. The van der Waals surface area contributed by atoms with Crippen molar-refractivity contribution in [3.05, 3.63) is 68.9 Å². The molecule has 2 aromatic carbocycles. The molecule has 1 aliphatic heterocycles. The van der Waals surface area contributed by atoms with E-state index in [-0.39, 0.29) is 12.3 Å². The zero-order chi connectivity index (χ0) is 20.5. The molecule has 0 spiro atoms. The molecule has 4 rings (SSSR count). The molecule has 0 amide bonds. The molecule has 0 saturated carbocycles. The van der Waals surface area contributed by atoms with Gasteiger partial charge in [-0.2, -0.15) is 0 Å². The normalized spacial score (nSPS) is 15.1. The van der Waals surface area contributed by atoms with Crippen molar-refractivity contribution in [3.63, 3.8) is 0 Å². The minimum absolute atomic E-state index is 0.0622. The SMILES string of the molecule is Cc1cc(-c2cccc(CNc3ccc4c(c3)OCC4CC(=O)O)c2C)c(C)s1. The summed E-state index contributed by atoms with van der Waals surface area (Å²) in [5.41, 5.74) is 7.13. The van der Waals surface area contributed by atoms with Gasteiger partial charge in [0.15, 0.2) is 0 Å². The summed E-state index contributed by atoms with van der Waals surface area (Å²) in [5, 5.41) is 12.5. The van der Waals surface area contributed by atoms with Gasteiger partial charge in [-0.1, -0.05) is 24.3 Å². The maximum atomic E-state index is 11.0. The third kappa shape index (κ3) is 4.01. The van der Waals surface area contributed by atoms with Gasteiger partial charge in [0.1, 0.15) is 5.75 Å². The molecule has 1 unspecified atom stereocenters. The highest BCUT2D eigenvalue weighted by atomic mass is 32.1. The lowest BCUT2D eigenvalue weighted by atomic mass is 9.96. The van der Waals surface area contributed by atoms with Crippen LogP contribution in [0.1, 0.15) is 38.8 Å². The molecule has 5 heteroatoms. The lowest BCUT2D eigenvalue weighted by Gasteiger charge is -2.14. The summed E-state index contributed by atoms with van der Waals surface area (Å²) in [5.74, 6) is -0.0658. The number of aliphatic carboxylic acids is 1. The predicted octanol–water partition coefficient (Wildman–Crippen LogP) is 5.90. The first-order chi connectivity index (χ1) is 13.9. The number of nitrogens with one attached hydrogen (secondary N) is 1. The molecular weight excluding hydrogens is 382 g/mol. The molecule has 1 atom stereocenters. The van der Waals surface area contributed by atoms with Crippen molar-refractivity contribution in [1.82, 2.24) is 0 Å². The Balaban J connectivity index is 1.51. The summed E-state index contributed by atoms with van der Waals surface area (Å²) in [6.45, 7) is 7.67. The molecule has 29 heavy (non-hydrogen) atoms. The number of thiophene rings is 1.